The first-order chi connectivity index (χ1) is 13.5. The van der Waals surface area contributed by atoms with Crippen molar-refractivity contribution in [1.29, 1.82) is 10.8 Å². The van der Waals surface area contributed by atoms with Crippen LogP contribution >= 0.6 is 0 Å². The summed E-state index contributed by atoms with van der Waals surface area (Å²) in [5, 5.41) is 20.7. The van der Waals surface area contributed by atoms with E-state index in [0.717, 1.165) is 23.7 Å². The molecule has 0 saturated heterocycles. The molecule has 0 aromatic heterocycles. The lowest BCUT2D eigenvalue weighted by atomic mass is 9.51. The molecule has 8 aliphatic rings. The van der Waals surface area contributed by atoms with Gasteiger partial charge in [-0.05, 0) is 112 Å². The average Bonchev–Trinajstić information content (AvgIpc) is 2.58. The standard InChI is InChI=1S/C22H36N6/c23-21(24)28(22(25)26)27(19-15-3-11-1-12(5-15)6-16(19)4-11)20-17-7-13-2-14(9-17)10-18(20)8-13/h11-20H,1-10H2,(H3,23,24)(H3,25,26). The summed E-state index contributed by atoms with van der Waals surface area (Å²) in [6.07, 6.45) is 13.6. The fraction of sp³-hybridized carbons (Fsp3) is 0.909. The molecular formula is C22H36N6. The Morgan fingerprint density at radius 2 is 0.821 bits per heavy atom. The minimum absolute atomic E-state index is 0.0601. The summed E-state index contributed by atoms with van der Waals surface area (Å²) >= 11 is 0. The summed E-state index contributed by atoms with van der Waals surface area (Å²) < 4.78 is 0. The molecule has 0 spiro atoms. The van der Waals surface area contributed by atoms with Gasteiger partial charge in [-0.15, -0.1) is 0 Å². The van der Waals surface area contributed by atoms with Crippen molar-refractivity contribution in [2.75, 3.05) is 0 Å². The highest BCUT2D eigenvalue weighted by Gasteiger charge is 2.58. The van der Waals surface area contributed by atoms with Crippen molar-refractivity contribution in [2.45, 2.75) is 76.3 Å². The van der Waals surface area contributed by atoms with Crippen LogP contribution in [0, 0.1) is 58.2 Å². The monoisotopic (exact) mass is 384 g/mol. The molecule has 0 aliphatic heterocycles. The van der Waals surface area contributed by atoms with Crippen molar-refractivity contribution >= 4 is 11.9 Å². The maximum Gasteiger partial charge on any atom is 0.210 e. The molecule has 0 aromatic rings. The SMILES string of the molecule is N=C(N)N(C(=N)N)N(C1C2CC3CC(C2)CC1C3)C1C2CC3CC(C2)CC1C3. The molecular weight excluding hydrogens is 348 g/mol. The van der Waals surface area contributed by atoms with Crippen molar-refractivity contribution < 1.29 is 0 Å². The van der Waals surface area contributed by atoms with Crippen LogP contribution in [0.5, 0.6) is 0 Å². The molecule has 0 amide bonds. The van der Waals surface area contributed by atoms with E-state index in [9.17, 15) is 0 Å². The first kappa shape index (κ1) is 17.5. The number of nitrogens with zero attached hydrogens (tertiary/aromatic N) is 2. The predicted octanol–water partition coefficient (Wildman–Crippen LogP) is 2.94. The Hall–Kier alpha value is -1.30. The highest BCUT2D eigenvalue weighted by atomic mass is 15.7. The summed E-state index contributed by atoms with van der Waals surface area (Å²) in [7, 11) is 0. The zero-order valence-corrected chi connectivity index (χ0v) is 16.9. The van der Waals surface area contributed by atoms with Crippen molar-refractivity contribution in [3.05, 3.63) is 0 Å². The van der Waals surface area contributed by atoms with Gasteiger partial charge >= 0.3 is 0 Å². The maximum atomic E-state index is 8.30. The van der Waals surface area contributed by atoms with Crippen LogP contribution in [0.15, 0.2) is 0 Å². The number of nitrogens with one attached hydrogen (secondary N) is 2. The van der Waals surface area contributed by atoms with Crippen molar-refractivity contribution in [2.24, 2.45) is 58.8 Å². The third-order valence-corrected chi connectivity index (χ3v) is 9.65. The second-order valence-electron chi connectivity index (χ2n) is 11.3. The van der Waals surface area contributed by atoms with E-state index in [-0.39, 0.29) is 11.9 Å². The minimum Gasteiger partial charge on any atom is -0.369 e. The Labute approximate surface area is 168 Å². The van der Waals surface area contributed by atoms with E-state index in [2.05, 4.69) is 5.01 Å². The molecule has 6 heteroatoms. The largest absolute Gasteiger partial charge is 0.369 e. The van der Waals surface area contributed by atoms with Gasteiger partial charge in [-0.25, -0.2) is 10.0 Å². The maximum absolute atomic E-state index is 8.30. The number of rotatable bonds is 3. The molecule has 0 aromatic carbocycles. The fourth-order valence-electron chi connectivity index (χ4n) is 9.50. The van der Waals surface area contributed by atoms with Gasteiger partial charge in [0, 0.05) is 12.1 Å². The molecule has 0 radical (unpaired) electrons. The van der Waals surface area contributed by atoms with E-state index in [1.165, 1.54) is 64.2 Å². The van der Waals surface area contributed by atoms with Gasteiger partial charge in [0.25, 0.3) is 0 Å². The number of nitrogens with two attached hydrogens (primary N) is 2. The Kier molecular flexibility index (Phi) is 3.82. The highest BCUT2D eigenvalue weighted by Crippen LogP contribution is 2.59. The Morgan fingerprint density at radius 1 is 0.536 bits per heavy atom. The van der Waals surface area contributed by atoms with Gasteiger partial charge in [-0.2, -0.15) is 0 Å². The first-order valence-corrected chi connectivity index (χ1v) is 11.7. The van der Waals surface area contributed by atoms with Gasteiger partial charge in [0.1, 0.15) is 0 Å². The number of hydrogen-bond donors (Lipinski definition) is 4. The van der Waals surface area contributed by atoms with Gasteiger partial charge in [0.2, 0.25) is 11.9 Å². The van der Waals surface area contributed by atoms with E-state index in [1.807, 2.05) is 0 Å². The van der Waals surface area contributed by atoms with Gasteiger partial charge in [0.05, 0.1) is 0 Å². The molecule has 154 valence electrons. The summed E-state index contributed by atoms with van der Waals surface area (Å²) in [6, 6.07) is 0.867. The molecule has 0 atom stereocenters. The number of guanidine groups is 2. The summed E-state index contributed by atoms with van der Waals surface area (Å²) in [6.45, 7) is 0. The third-order valence-electron chi connectivity index (χ3n) is 9.65. The van der Waals surface area contributed by atoms with Crippen LogP contribution in [-0.2, 0) is 0 Å². The topological polar surface area (TPSA) is 106 Å². The van der Waals surface area contributed by atoms with Crippen molar-refractivity contribution in [3.63, 3.8) is 0 Å². The molecule has 6 N–H and O–H groups in total. The molecule has 8 aliphatic carbocycles. The van der Waals surface area contributed by atoms with E-state index >= 15 is 0 Å². The second kappa shape index (κ2) is 6.10. The second-order valence-corrected chi connectivity index (χ2v) is 11.3. The summed E-state index contributed by atoms with van der Waals surface area (Å²) in [5.74, 6) is 6.37. The summed E-state index contributed by atoms with van der Waals surface area (Å²) in [4.78, 5) is 0. The minimum atomic E-state index is -0.0601. The molecule has 8 saturated carbocycles. The Bertz CT molecular complexity index is 577. The Morgan fingerprint density at radius 3 is 1.07 bits per heavy atom. The smallest absolute Gasteiger partial charge is 0.210 e. The van der Waals surface area contributed by atoms with Gasteiger partial charge in [-0.3, -0.25) is 10.8 Å². The van der Waals surface area contributed by atoms with Crippen LogP contribution in [0.4, 0.5) is 0 Å². The van der Waals surface area contributed by atoms with E-state index in [4.69, 9.17) is 22.3 Å². The number of hydrazine groups is 1. The van der Waals surface area contributed by atoms with Crippen LogP contribution in [0.1, 0.15) is 64.2 Å². The van der Waals surface area contributed by atoms with Crippen molar-refractivity contribution in [3.8, 4) is 0 Å². The lowest BCUT2D eigenvalue weighted by Gasteiger charge is -2.64. The predicted molar refractivity (Wildman–Crippen MR) is 109 cm³/mol. The Balaban J connectivity index is 1.40. The first-order valence-electron chi connectivity index (χ1n) is 11.7. The zero-order chi connectivity index (χ0) is 19.2. The molecule has 28 heavy (non-hydrogen) atoms. The van der Waals surface area contributed by atoms with Gasteiger partial charge in [-0.1, -0.05) is 0 Å². The molecule has 8 bridgehead atoms. The van der Waals surface area contributed by atoms with Crippen LogP contribution in [-0.4, -0.2) is 34.0 Å². The van der Waals surface area contributed by atoms with Gasteiger partial charge < -0.3 is 11.5 Å². The van der Waals surface area contributed by atoms with E-state index in [0.29, 0.717) is 35.8 Å². The lowest BCUT2D eigenvalue weighted by Crippen LogP contribution is -2.71. The molecule has 0 heterocycles. The molecule has 6 nitrogen and oxygen atoms in total. The molecule has 0 unspecified atom stereocenters. The van der Waals surface area contributed by atoms with E-state index < -0.39 is 0 Å². The van der Waals surface area contributed by atoms with Crippen LogP contribution in [0.3, 0.4) is 0 Å². The normalized spacial score (nSPS) is 50.3. The quantitative estimate of drug-likeness (QED) is 0.341. The molecule has 8 fully saturated rings. The fourth-order valence-corrected chi connectivity index (χ4v) is 9.50. The average molecular weight is 385 g/mol. The lowest BCUT2D eigenvalue weighted by molar-refractivity contribution is -0.177. The summed E-state index contributed by atoms with van der Waals surface area (Å²) in [5.41, 5.74) is 12.1. The molecule has 8 rings (SSSR count). The highest BCUT2D eigenvalue weighted by molar-refractivity contribution is 5.93. The third kappa shape index (κ3) is 2.49. The number of hydrogen-bond acceptors (Lipinski definition) is 3. The van der Waals surface area contributed by atoms with Crippen LogP contribution in [0.25, 0.3) is 0 Å². The van der Waals surface area contributed by atoms with Crippen molar-refractivity contribution in [1.82, 2.24) is 10.0 Å². The van der Waals surface area contributed by atoms with E-state index in [1.54, 1.807) is 5.01 Å². The van der Waals surface area contributed by atoms with Crippen LogP contribution < -0.4 is 11.5 Å². The van der Waals surface area contributed by atoms with Gasteiger partial charge in [0.15, 0.2) is 0 Å². The van der Waals surface area contributed by atoms with Crippen LogP contribution in [0.2, 0.25) is 0 Å². The zero-order valence-electron chi connectivity index (χ0n) is 16.9.